The number of hydrazone groups is 1. The Bertz CT molecular complexity index is 1020. The molecule has 0 fully saturated rings. The minimum absolute atomic E-state index is 0.213. The summed E-state index contributed by atoms with van der Waals surface area (Å²) in [4.78, 5) is 22.8. The highest BCUT2D eigenvalue weighted by Crippen LogP contribution is 2.34. The third-order valence-corrected chi connectivity index (χ3v) is 4.72. The molecule has 0 spiro atoms. The van der Waals surface area contributed by atoms with E-state index in [-0.39, 0.29) is 11.9 Å². The van der Waals surface area contributed by atoms with Gasteiger partial charge in [0.1, 0.15) is 5.69 Å². The maximum atomic E-state index is 12.0. The number of anilines is 1. The van der Waals surface area contributed by atoms with Gasteiger partial charge in [-0.1, -0.05) is 24.3 Å². The van der Waals surface area contributed by atoms with Crippen molar-refractivity contribution >= 4 is 33.0 Å². The molecule has 1 atom stereocenters. The fourth-order valence-electron chi connectivity index (χ4n) is 2.97. The number of sulfonamides is 1. The molecule has 1 amide bonds. The van der Waals surface area contributed by atoms with E-state index in [1.165, 1.54) is 11.9 Å². The van der Waals surface area contributed by atoms with Crippen molar-refractivity contribution < 1.29 is 13.2 Å². The molecule has 1 aliphatic heterocycles. The number of nitrogens with one attached hydrogen (secondary N) is 1. The predicted molar refractivity (Wildman–Crippen MR) is 103 cm³/mol. The molecule has 0 bridgehead atoms. The lowest BCUT2D eigenvalue weighted by atomic mass is 9.98. The molecule has 8 nitrogen and oxygen atoms in total. The highest BCUT2D eigenvalue weighted by Gasteiger charge is 2.31. The summed E-state index contributed by atoms with van der Waals surface area (Å²) in [5, 5.41) is 8.76. The van der Waals surface area contributed by atoms with Crippen molar-refractivity contribution in [3.05, 3.63) is 64.6 Å². The predicted octanol–water partition coefficient (Wildman–Crippen LogP) is 3.15. The maximum absolute atomic E-state index is 12.0. The fourth-order valence-corrected chi connectivity index (χ4v) is 3.53. The Balaban J connectivity index is 1.87. The fraction of sp³-hybridized carbons (Fsp3) is 0.222. The summed E-state index contributed by atoms with van der Waals surface area (Å²) in [5.41, 5.74) is 3.00. The molecule has 2 aromatic rings. The van der Waals surface area contributed by atoms with Crippen LogP contribution in [0.4, 0.5) is 11.4 Å². The Morgan fingerprint density at radius 1 is 1.22 bits per heavy atom. The van der Waals surface area contributed by atoms with Crippen LogP contribution in [0.2, 0.25) is 0 Å². The molecular formula is C18H18N4O4S. The third kappa shape index (κ3) is 4.37. The monoisotopic (exact) mass is 386 g/mol. The van der Waals surface area contributed by atoms with E-state index >= 15 is 0 Å². The van der Waals surface area contributed by atoms with Crippen LogP contribution in [0.1, 0.15) is 30.5 Å². The largest absolute Gasteiger partial charge is 0.284 e. The van der Waals surface area contributed by atoms with Crippen molar-refractivity contribution in [3.63, 3.8) is 0 Å². The van der Waals surface area contributed by atoms with Crippen molar-refractivity contribution in [2.45, 2.75) is 19.4 Å². The Morgan fingerprint density at radius 2 is 1.93 bits per heavy atom. The quantitative estimate of drug-likeness (QED) is 0.796. The van der Waals surface area contributed by atoms with Crippen LogP contribution >= 0.6 is 0 Å². The first-order chi connectivity index (χ1) is 12.8. The Hall–Kier alpha value is -3.07. The van der Waals surface area contributed by atoms with Crippen LogP contribution in [0, 0.1) is 4.91 Å². The SMILES string of the molecule is CC(=O)N1N=C(c2ccc(NS(C)(=O)=O)cc2)CC1c1cccc(N=O)c1. The van der Waals surface area contributed by atoms with Gasteiger partial charge >= 0.3 is 0 Å². The second-order valence-electron chi connectivity index (χ2n) is 6.27. The summed E-state index contributed by atoms with van der Waals surface area (Å²) >= 11 is 0. The van der Waals surface area contributed by atoms with Crippen LogP contribution in [0.5, 0.6) is 0 Å². The van der Waals surface area contributed by atoms with Gasteiger partial charge < -0.3 is 0 Å². The molecule has 1 heterocycles. The first-order valence-electron chi connectivity index (χ1n) is 8.15. The summed E-state index contributed by atoms with van der Waals surface area (Å²) in [6, 6.07) is 13.2. The lowest BCUT2D eigenvalue weighted by Gasteiger charge is -2.20. The van der Waals surface area contributed by atoms with Crippen LogP contribution in [-0.4, -0.2) is 31.3 Å². The Morgan fingerprint density at radius 3 is 2.52 bits per heavy atom. The van der Waals surface area contributed by atoms with E-state index in [1.807, 2.05) is 6.07 Å². The number of hydrogen-bond acceptors (Lipinski definition) is 6. The second kappa shape index (κ2) is 7.28. The maximum Gasteiger partial charge on any atom is 0.240 e. The average Bonchev–Trinajstić information content (AvgIpc) is 3.07. The number of rotatable bonds is 5. The zero-order chi connectivity index (χ0) is 19.6. The van der Waals surface area contributed by atoms with E-state index in [9.17, 15) is 18.1 Å². The minimum atomic E-state index is -3.35. The van der Waals surface area contributed by atoms with Gasteiger partial charge in [-0.25, -0.2) is 13.4 Å². The standard InChI is InChI=1S/C18H18N4O4S/c1-12(23)22-18(14-4-3-5-16(10-14)20-24)11-17(19-22)13-6-8-15(9-7-13)21-27(2,25)26/h3-10,18,21H,11H2,1-2H3. The molecule has 0 aliphatic carbocycles. The first kappa shape index (κ1) is 18.7. The van der Waals surface area contributed by atoms with Crippen LogP contribution < -0.4 is 4.72 Å². The number of amides is 1. The lowest BCUT2D eigenvalue weighted by molar-refractivity contribution is -0.130. The van der Waals surface area contributed by atoms with Gasteiger partial charge in [0.15, 0.2) is 0 Å². The Kier molecular flexibility index (Phi) is 5.04. The van der Waals surface area contributed by atoms with Crippen LogP contribution in [-0.2, 0) is 14.8 Å². The second-order valence-corrected chi connectivity index (χ2v) is 8.02. The zero-order valence-corrected chi connectivity index (χ0v) is 15.6. The van der Waals surface area contributed by atoms with Gasteiger partial charge in [0.05, 0.1) is 18.0 Å². The molecule has 1 N–H and O–H groups in total. The van der Waals surface area contributed by atoms with E-state index < -0.39 is 10.0 Å². The normalized spacial score (nSPS) is 16.7. The summed E-state index contributed by atoms with van der Waals surface area (Å²) in [6.07, 6.45) is 1.56. The molecular weight excluding hydrogens is 368 g/mol. The van der Waals surface area contributed by atoms with Crippen molar-refractivity contribution in [1.82, 2.24) is 5.01 Å². The molecule has 1 unspecified atom stereocenters. The number of carbonyl (C=O) groups is 1. The number of hydrogen-bond donors (Lipinski definition) is 1. The third-order valence-electron chi connectivity index (χ3n) is 4.11. The van der Waals surface area contributed by atoms with Crippen molar-refractivity contribution in [2.75, 3.05) is 11.0 Å². The van der Waals surface area contributed by atoms with E-state index in [0.29, 0.717) is 23.5 Å². The molecule has 27 heavy (non-hydrogen) atoms. The van der Waals surface area contributed by atoms with Crippen LogP contribution in [0.25, 0.3) is 0 Å². The Labute approximate surface area is 156 Å². The number of nitrogens with zero attached hydrogens (tertiary/aromatic N) is 3. The number of benzene rings is 2. The number of nitroso groups, excluding NO2 is 1. The smallest absolute Gasteiger partial charge is 0.240 e. The molecule has 0 radical (unpaired) electrons. The van der Waals surface area contributed by atoms with E-state index in [2.05, 4.69) is 15.0 Å². The summed E-state index contributed by atoms with van der Waals surface area (Å²) in [6.45, 7) is 1.43. The molecule has 0 aromatic heterocycles. The average molecular weight is 386 g/mol. The van der Waals surface area contributed by atoms with Crippen LogP contribution in [0.3, 0.4) is 0 Å². The first-order valence-corrected chi connectivity index (χ1v) is 10.0. The van der Waals surface area contributed by atoms with Gasteiger partial charge in [-0.2, -0.15) is 5.10 Å². The van der Waals surface area contributed by atoms with E-state index in [0.717, 1.165) is 17.4 Å². The van der Waals surface area contributed by atoms with Gasteiger partial charge in [-0.05, 0) is 40.6 Å². The van der Waals surface area contributed by atoms with Gasteiger partial charge in [-0.3, -0.25) is 9.52 Å². The highest BCUT2D eigenvalue weighted by molar-refractivity contribution is 7.92. The topological polar surface area (TPSA) is 108 Å². The lowest BCUT2D eigenvalue weighted by Crippen LogP contribution is -2.24. The molecule has 140 valence electrons. The minimum Gasteiger partial charge on any atom is -0.284 e. The molecule has 1 aliphatic rings. The van der Waals surface area contributed by atoms with Crippen molar-refractivity contribution in [1.29, 1.82) is 0 Å². The highest BCUT2D eigenvalue weighted by atomic mass is 32.2. The molecule has 3 rings (SSSR count). The molecule has 2 aromatic carbocycles. The van der Waals surface area contributed by atoms with E-state index in [4.69, 9.17) is 0 Å². The number of carbonyl (C=O) groups excluding carboxylic acids is 1. The van der Waals surface area contributed by atoms with Crippen molar-refractivity contribution in [3.8, 4) is 0 Å². The molecule has 9 heteroatoms. The van der Waals surface area contributed by atoms with E-state index in [1.54, 1.807) is 42.5 Å². The van der Waals surface area contributed by atoms with Gasteiger partial charge in [0, 0.05) is 19.0 Å². The van der Waals surface area contributed by atoms with Gasteiger partial charge in [0.25, 0.3) is 0 Å². The summed E-state index contributed by atoms with van der Waals surface area (Å²) < 4.78 is 25.0. The molecule has 0 saturated heterocycles. The van der Waals surface area contributed by atoms with Gasteiger partial charge in [0.2, 0.25) is 15.9 Å². The molecule has 0 saturated carbocycles. The van der Waals surface area contributed by atoms with Gasteiger partial charge in [-0.15, -0.1) is 4.91 Å². The summed E-state index contributed by atoms with van der Waals surface area (Å²) in [7, 11) is -3.35. The van der Waals surface area contributed by atoms with Crippen LogP contribution in [0.15, 0.2) is 58.8 Å². The summed E-state index contributed by atoms with van der Waals surface area (Å²) in [5.74, 6) is -0.213. The zero-order valence-electron chi connectivity index (χ0n) is 14.8. The van der Waals surface area contributed by atoms with Crippen molar-refractivity contribution in [2.24, 2.45) is 10.3 Å².